The molecule has 2 amide bonds. The Labute approximate surface area is 150 Å². The number of rotatable bonds is 2. The first-order chi connectivity index (χ1) is 12.0. The number of benzene rings is 1. The summed E-state index contributed by atoms with van der Waals surface area (Å²) in [6.07, 6.45) is 3.99. The fourth-order valence-corrected chi connectivity index (χ4v) is 4.97. The summed E-state index contributed by atoms with van der Waals surface area (Å²) in [5, 5.41) is 0. The van der Waals surface area contributed by atoms with Crippen LogP contribution in [0.25, 0.3) is 0 Å². The summed E-state index contributed by atoms with van der Waals surface area (Å²) in [4.78, 5) is 29.4. The average Bonchev–Trinajstić information content (AvgIpc) is 2.62. The zero-order valence-electron chi connectivity index (χ0n) is 15.3. The second-order valence-corrected chi connectivity index (χ2v) is 8.35. The number of hydrogen-bond donors (Lipinski definition) is 0. The third kappa shape index (κ3) is 3.07. The van der Waals surface area contributed by atoms with Gasteiger partial charge in [-0.15, -0.1) is 0 Å². The zero-order valence-corrected chi connectivity index (χ0v) is 15.3. The van der Waals surface area contributed by atoms with E-state index in [1.54, 1.807) is 0 Å². The van der Waals surface area contributed by atoms with Crippen molar-refractivity contribution in [1.29, 1.82) is 0 Å². The van der Waals surface area contributed by atoms with E-state index in [4.69, 9.17) is 0 Å². The second-order valence-electron chi connectivity index (χ2n) is 8.35. The molecule has 25 heavy (non-hydrogen) atoms. The van der Waals surface area contributed by atoms with Crippen molar-refractivity contribution in [3.8, 4) is 0 Å². The summed E-state index contributed by atoms with van der Waals surface area (Å²) in [5.41, 5.74) is 2.06. The molecule has 4 rings (SSSR count). The standard InChI is InChI=1S/C21H28N2O2/c1-14(2)16-6-8-17(9-7-16)21(25)22-11-15-10-18(13-22)19-4-3-5-20(24)23(19)12-15/h6-9,14-15,18-19H,3-5,10-13H2,1-2H3/t15-,18-,19-/m1/s1. The van der Waals surface area contributed by atoms with Gasteiger partial charge in [0.05, 0.1) is 0 Å². The van der Waals surface area contributed by atoms with E-state index in [0.29, 0.717) is 36.1 Å². The van der Waals surface area contributed by atoms with Crippen molar-refractivity contribution in [3.05, 3.63) is 35.4 Å². The zero-order chi connectivity index (χ0) is 17.6. The van der Waals surface area contributed by atoms with E-state index in [1.165, 1.54) is 12.0 Å². The molecule has 1 aromatic rings. The Bertz CT molecular complexity index is 667. The van der Waals surface area contributed by atoms with Crippen molar-refractivity contribution in [1.82, 2.24) is 9.80 Å². The Morgan fingerprint density at radius 2 is 1.88 bits per heavy atom. The number of piperidine rings is 3. The van der Waals surface area contributed by atoms with Gasteiger partial charge in [-0.3, -0.25) is 9.59 Å². The van der Waals surface area contributed by atoms with Crippen molar-refractivity contribution in [3.63, 3.8) is 0 Å². The number of amides is 2. The van der Waals surface area contributed by atoms with E-state index in [9.17, 15) is 9.59 Å². The monoisotopic (exact) mass is 340 g/mol. The van der Waals surface area contributed by atoms with E-state index < -0.39 is 0 Å². The van der Waals surface area contributed by atoms with E-state index >= 15 is 0 Å². The lowest BCUT2D eigenvalue weighted by Crippen LogP contribution is -2.61. The van der Waals surface area contributed by atoms with Crippen LogP contribution >= 0.6 is 0 Å². The largest absolute Gasteiger partial charge is 0.339 e. The van der Waals surface area contributed by atoms with Gasteiger partial charge in [-0.1, -0.05) is 26.0 Å². The summed E-state index contributed by atoms with van der Waals surface area (Å²) < 4.78 is 0. The molecule has 134 valence electrons. The molecule has 3 aliphatic rings. The molecular weight excluding hydrogens is 312 g/mol. The molecule has 0 N–H and O–H groups in total. The van der Waals surface area contributed by atoms with Crippen LogP contribution in [0, 0.1) is 11.8 Å². The van der Waals surface area contributed by atoms with Crippen molar-refractivity contribution in [2.75, 3.05) is 19.6 Å². The topological polar surface area (TPSA) is 40.6 Å². The normalized spacial score (nSPS) is 28.9. The molecule has 3 heterocycles. The first-order valence-electron chi connectivity index (χ1n) is 9.71. The number of hydrogen-bond acceptors (Lipinski definition) is 2. The number of likely N-dealkylation sites (tertiary alicyclic amines) is 1. The predicted molar refractivity (Wildman–Crippen MR) is 97.4 cm³/mol. The van der Waals surface area contributed by atoms with Gasteiger partial charge in [-0.05, 0) is 54.7 Å². The van der Waals surface area contributed by atoms with Gasteiger partial charge in [0.2, 0.25) is 5.91 Å². The summed E-state index contributed by atoms with van der Waals surface area (Å²) >= 11 is 0. The Kier molecular flexibility index (Phi) is 4.30. The molecule has 3 atom stereocenters. The lowest BCUT2D eigenvalue weighted by molar-refractivity contribution is -0.144. The summed E-state index contributed by atoms with van der Waals surface area (Å²) in [6.45, 7) is 6.77. The van der Waals surface area contributed by atoms with Gasteiger partial charge in [0.25, 0.3) is 5.91 Å². The Morgan fingerprint density at radius 1 is 1.12 bits per heavy atom. The van der Waals surface area contributed by atoms with Crippen LogP contribution in [0.3, 0.4) is 0 Å². The Balaban J connectivity index is 1.49. The minimum atomic E-state index is 0.153. The van der Waals surface area contributed by atoms with Crippen LogP contribution in [0.5, 0.6) is 0 Å². The number of fused-ring (bicyclic) bond motifs is 4. The van der Waals surface area contributed by atoms with Gasteiger partial charge in [0.15, 0.2) is 0 Å². The maximum Gasteiger partial charge on any atom is 0.253 e. The molecule has 0 aliphatic carbocycles. The van der Waals surface area contributed by atoms with E-state index in [1.807, 2.05) is 17.0 Å². The molecule has 0 aromatic heterocycles. The molecule has 0 unspecified atom stereocenters. The molecule has 3 aliphatic heterocycles. The highest BCUT2D eigenvalue weighted by atomic mass is 16.2. The van der Waals surface area contributed by atoms with Gasteiger partial charge < -0.3 is 9.80 Å². The highest BCUT2D eigenvalue weighted by molar-refractivity contribution is 5.94. The molecule has 4 heteroatoms. The van der Waals surface area contributed by atoms with Gasteiger partial charge in [0.1, 0.15) is 0 Å². The van der Waals surface area contributed by atoms with Crippen molar-refractivity contribution in [2.45, 2.75) is 51.5 Å². The predicted octanol–water partition coefficient (Wildman–Crippen LogP) is 3.28. The van der Waals surface area contributed by atoms with Crippen LogP contribution in [0.1, 0.15) is 61.4 Å². The van der Waals surface area contributed by atoms with Crippen molar-refractivity contribution in [2.24, 2.45) is 11.8 Å². The van der Waals surface area contributed by atoms with Crippen LogP contribution < -0.4 is 0 Å². The second kappa shape index (κ2) is 6.47. The van der Waals surface area contributed by atoms with Gasteiger partial charge in [-0.25, -0.2) is 0 Å². The van der Waals surface area contributed by atoms with Gasteiger partial charge in [0, 0.05) is 37.7 Å². The highest BCUT2D eigenvalue weighted by Crippen LogP contribution is 2.38. The molecule has 3 fully saturated rings. The van der Waals surface area contributed by atoms with Crippen LogP contribution in [-0.2, 0) is 4.79 Å². The lowest BCUT2D eigenvalue weighted by Gasteiger charge is -2.52. The summed E-state index contributed by atoms with van der Waals surface area (Å²) in [6, 6.07) is 8.45. The molecule has 4 nitrogen and oxygen atoms in total. The summed E-state index contributed by atoms with van der Waals surface area (Å²) in [7, 11) is 0. The molecular formula is C21H28N2O2. The molecule has 0 spiro atoms. The Morgan fingerprint density at radius 3 is 2.60 bits per heavy atom. The number of carbonyl (C=O) groups is 2. The first kappa shape index (κ1) is 16.6. The molecule has 1 aromatic carbocycles. The maximum atomic E-state index is 13.0. The molecule has 2 bridgehead atoms. The van der Waals surface area contributed by atoms with E-state index in [-0.39, 0.29) is 5.91 Å². The van der Waals surface area contributed by atoms with E-state index in [2.05, 4.69) is 30.9 Å². The van der Waals surface area contributed by atoms with Crippen LogP contribution in [0.2, 0.25) is 0 Å². The van der Waals surface area contributed by atoms with E-state index in [0.717, 1.165) is 38.0 Å². The SMILES string of the molecule is CC(C)c1ccc(C(=O)N2C[C@H]3C[C@H](C2)[C@H]2CCCC(=O)N2C3)cc1. The van der Waals surface area contributed by atoms with Crippen LogP contribution in [0.4, 0.5) is 0 Å². The fourth-order valence-electron chi connectivity index (χ4n) is 4.97. The quantitative estimate of drug-likeness (QED) is 0.829. The first-order valence-corrected chi connectivity index (χ1v) is 9.71. The maximum absolute atomic E-state index is 13.0. The third-order valence-corrected chi connectivity index (χ3v) is 6.29. The van der Waals surface area contributed by atoms with Gasteiger partial charge in [-0.2, -0.15) is 0 Å². The highest BCUT2D eigenvalue weighted by Gasteiger charge is 2.44. The minimum Gasteiger partial charge on any atom is -0.339 e. The van der Waals surface area contributed by atoms with Crippen LogP contribution in [-0.4, -0.2) is 47.3 Å². The van der Waals surface area contributed by atoms with Gasteiger partial charge >= 0.3 is 0 Å². The summed E-state index contributed by atoms with van der Waals surface area (Å²) in [5.74, 6) is 1.86. The third-order valence-electron chi connectivity index (χ3n) is 6.29. The van der Waals surface area contributed by atoms with Crippen molar-refractivity contribution < 1.29 is 9.59 Å². The molecule has 0 radical (unpaired) electrons. The Hall–Kier alpha value is -1.84. The molecule has 0 saturated carbocycles. The van der Waals surface area contributed by atoms with Crippen LogP contribution in [0.15, 0.2) is 24.3 Å². The minimum absolute atomic E-state index is 0.153. The lowest BCUT2D eigenvalue weighted by atomic mass is 9.76. The van der Waals surface area contributed by atoms with Crippen molar-refractivity contribution >= 4 is 11.8 Å². The number of carbonyl (C=O) groups excluding carboxylic acids is 2. The smallest absolute Gasteiger partial charge is 0.253 e. The average molecular weight is 340 g/mol. The molecule has 3 saturated heterocycles. The number of nitrogens with zero attached hydrogens (tertiary/aromatic N) is 2. The fraction of sp³-hybridized carbons (Fsp3) is 0.619.